The second-order valence-corrected chi connectivity index (χ2v) is 7.46. The molecule has 1 heterocycles. The molecule has 1 N–H and O–H groups in total. The Hall–Kier alpha value is -2.13. The topological polar surface area (TPSA) is 20.2 Å². The third-order valence-corrected chi connectivity index (χ3v) is 5.32. The Morgan fingerprint density at radius 1 is 1.19 bits per heavy atom. The number of nitrogens with zero attached hydrogens (tertiary/aromatic N) is 2. The Kier molecular flexibility index (Phi) is 5.71. The van der Waals surface area contributed by atoms with E-state index in [0.717, 1.165) is 36.8 Å². The van der Waals surface area contributed by atoms with Gasteiger partial charge in [0.1, 0.15) is 6.54 Å². The summed E-state index contributed by atoms with van der Waals surface area (Å²) in [5.74, 6) is 5.54. The van der Waals surface area contributed by atoms with Gasteiger partial charge in [-0.2, -0.15) is 13.2 Å². The average Bonchev–Trinajstić information content (AvgIpc) is 2.93. The number of hydrogen-bond acceptors (Lipinski definition) is 2. The van der Waals surface area contributed by atoms with Crippen LogP contribution in [0.1, 0.15) is 38.3 Å². The van der Waals surface area contributed by atoms with Gasteiger partial charge in [-0.15, -0.1) is 0 Å². The average molecular weight is 377 g/mol. The summed E-state index contributed by atoms with van der Waals surface area (Å²) in [7, 11) is 4.22. The van der Waals surface area contributed by atoms with E-state index in [0.29, 0.717) is 23.3 Å². The summed E-state index contributed by atoms with van der Waals surface area (Å²) < 4.78 is 40.4. The summed E-state index contributed by atoms with van der Waals surface area (Å²) in [6, 6.07) is 8.21. The smallest absolute Gasteiger partial charge is 0.382 e. The quantitative estimate of drug-likeness (QED) is 0.768. The molecule has 0 radical (unpaired) electrons. The van der Waals surface area contributed by atoms with E-state index < -0.39 is 12.7 Å². The predicted octanol–water partition coefficient (Wildman–Crippen LogP) is 4.86. The normalized spacial score (nSPS) is 20.6. The maximum absolute atomic E-state index is 13.1. The SMILES string of the molecule is CC#Cc1cc2c(NC3CCC(N(C)C)CC3)cccc2n1CC(F)(F)F. The Morgan fingerprint density at radius 3 is 2.48 bits per heavy atom. The van der Waals surface area contributed by atoms with Gasteiger partial charge in [0, 0.05) is 23.2 Å². The molecule has 146 valence electrons. The fraction of sp³-hybridized carbons (Fsp3) is 0.524. The van der Waals surface area contributed by atoms with Crippen molar-refractivity contribution in [2.75, 3.05) is 19.4 Å². The number of alkyl halides is 3. The van der Waals surface area contributed by atoms with Crippen LogP contribution in [0.25, 0.3) is 10.9 Å². The van der Waals surface area contributed by atoms with Gasteiger partial charge in [0.05, 0.1) is 11.2 Å². The number of halogens is 3. The summed E-state index contributed by atoms with van der Waals surface area (Å²) in [5, 5.41) is 4.37. The van der Waals surface area contributed by atoms with Crippen molar-refractivity contribution in [3.8, 4) is 11.8 Å². The lowest BCUT2D eigenvalue weighted by atomic mass is 9.90. The van der Waals surface area contributed by atoms with Gasteiger partial charge >= 0.3 is 6.18 Å². The van der Waals surface area contributed by atoms with Crippen LogP contribution in [-0.4, -0.2) is 41.8 Å². The van der Waals surface area contributed by atoms with Crippen molar-refractivity contribution in [2.24, 2.45) is 0 Å². The molecule has 0 amide bonds. The van der Waals surface area contributed by atoms with E-state index in [1.807, 2.05) is 12.1 Å². The molecule has 1 fully saturated rings. The molecule has 2 aromatic rings. The summed E-state index contributed by atoms with van der Waals surface area (Å²) in [6.07, 6.45) is 0.0862. The van der Waals surface area contributed by atoms with Crippen LogP contribution in [0.15, 0.2) is 24.3 Å². The monoisotopic (exact) mass is 377 g/mol. The van der Waals surface area contributed by atoms with Crippen molar-refractivity contribution in [1.82, 2.24) is 9.47 Å². The molecule has 1 aromatic heterocycles. The number of benzene rings is 1. The minimum Gasteiger partial charge on any atom is -0.382 e. The largest absolute Gasteiger partial charge is 0.406 e. The highest BCUT2D eigenvalue weighted by atomic mass is 19.4. The second kappa shape index (κ2) is 7.85. The highest BCUT2D eigenvalue weighted by Crippen LogP contribution is 2.32. The molecular formula is C21H26F3N3. The highest BCUT2D eigenvalue weighted by molar-refractivity contribution is 5.94. The lowest BCUT2D eigenvalue weighted by Crippen LogP contribution is -2.36. The molecule has 0 atom stereocenters. The zero-order valence-corrected chi connectivity index (χ0v) is 16.0. The number of hydrogen-bond donors (Lipinski definition) is 1. The van der Waals surface area contributed by atoms with Crippen LogP contribution in [-0.2, 0) is 6.54 Å². The van der Waals surface area contributed by atoms with Crippen molar-refractivity contribution >= 4 is 16.6 Å². The van der Waals surface area contributed by atoms with E-state index in [-0.39, 0.29) is 0 Å². The first-order valence-electron chi connectivity index (χ1n) is 9.33. The summed E-state index contributed by atoms with van der Waals surface area (Å²) in [5.41, 5.74) is 1.85. The second-order valence-electron chi connectivity index (χ2n) is 7.46. The molecule has 3 rings (SSSR count). The van der Waals surface area contributed by atoms with Crippen LogP contribution >= 0.6 is 0 Å². The van der Waals surface area contributed by atoms with E-state index in [4.69, 9.17) is 0 Å². The van der Waals surface area contributed by atoms with Crippen LogP contribution in [0, 0.1) is 11.8 Å². The first kappa shape index (κ1) is 19.6. The van der Waals surface area contributed by atoms with Gasteiger partial charge in [0.15, 0.2) is 0 Å². The van der Waals surface area contributed by atoms with Gasteiger partial charge in [-0.05, 0) is 70.8 Å². The number of rotatable bonds is 4. The first-order valence-corrected chi connectivity index (χ1v) is 9.33. The van der Waals surface area contributed by atoms with Crippen LogP contribution in [0.5, 0.6) is 0 Å². The number of anilines is 1. The van der Waals surface area contributed by atoms with Crippen LogP contribution in [0.3, 0.4) is 0 Å². The van der Waals surface area contributed by atoms with Gasteiger partial charge in [-0.1, -0.05) is 12.0 Å². The Balaban J connectivity index is 1.89. The maximum Gasteiger partial charge on any atom is 0.406 e. The van der Waals surface area contributed by atoms with Gasteiger partial charge in [-0.25, -0.2) is 0 Å². The molecule has 0 spiro atoms. The molecule has 27 heavy (non-hydrogen) atoms. The third-order valence-electron chi connectivity index (χ3n) is 5.32. The standard InChI is InChI=1S/C21H26F3N3/c1-4-6-17-13-18-19(25-15-9-11-16(12-10-15)26(2)3)7-5-8-20(18)27(17)14-21(22,23)24/h5,7-8,13,15-16,25H,9-12,14H2,1-3H3. The molecule has 3 nitrogen and oxygen atoms in total. The summed E-state index contributed by atoms with van der Waals surface area (Å²) >= 11 is 0. The third kappa shape index (κ3) is 4.59. The molecule has 1 aromatic carbocycles. The minimum atomic E-state index is -4.29. The first-order chi connectivity index (χ1) is 12.8. The molecule has 1 saturated carbocycles. The lowest BCUT2D eigenvalue weighted by Gasteiger charge is -2.33. The van der Waals surface area contributed by atoms with E-state index in [1.54, 1.807) is 19.1 Å². The molecule has 1 aliphatic rings. The molecule has 0 unspecified atom stereocenters. The Bertz CT molecular complexity index is 847. The fourth-order valence-corrected chi connectivity index (χ4v) is 3.95. The van der Waals surface area contributed by atoms with E-state index in [9.17, 15) is 13.2 Å². The molecule has 0 aliphatic heterocycles. The summed E-state index contributed by atoms with van der Waals surface area (Å²) in [6.45, 7) is 0.607. The van der Waals surface area contributed by atoms with E-state index >= 15 is 0 Å². The molecule has 1 aliphatic carbocycles. The van der Waals surface area contributed by atoms with E-state index in [1.165, 1.54) is 4.57 Å². The lowest BCUT2D eigenvalue weighted by molar-refractivity contribution is -0.140. The zero-order valence-electron chi connectivity index (χ0n) is 16.0. The van der Waals surface area contributed by atoms with Gasteiger partial charge in [0.25, 0.3) is 0 Å². The molecular weight excluding hydrogens is 351 g/mol. The number of fused-ring (bicyclic) bond motifs is 1. The van der Waals surface area contributed by atoms with Gasteiger partial charge in [0.2, 0.25) is 0 Å². The van der Waals surface area contributed by atoms with Crippen molar-refractivity contribution < 1.29 is 13.2 Å². The maximum atomic E-state index is 13.1. The fourth-order valence-electron chi connectivity index (χ4n) is 3.95. The molecule has 6 heteroatoms. The van der Waals surface area contributed by atoms with Crippen molar-refractivity contribution in [1.29, 1.82) is 0 Å². The van der Waals surface area contributed by atoms with Crippen molar-refractivity contribution in [3.63, 3.8) is 0 Å². The van der Waals surface area contributed by atoms with Gasteiger partial charge in [-0.3, -0.25) is 0 Å². The van der Waals surface area contributed by atoms with Crippen LogP contribution in [0.2, 0.25) is 0 Å². The molecule has 0 bridgehead atoms. The van der Waals surface area contributed by atoms with Gasteiger partial charge < -0.3 is 14.8 Å². The summed E-state index contributed by atoms with van der Waals surface area (Å²) in [4.78, 5) is 2.27. The number of nitrogens with one attached hydrogen (secondary N) is 1. The minimum absolute atomic E-state index is 0.346. The Morgan fingerprint density at radius 2 is 1.89 bits per heavy atom. The van der Waals surface area contributed by atoms with Crippen molar-refractivity contribution in [3.05, 3.63) is 30.0 Å². The Labute approximate surface area is 158 Å². The molecule has 0 saturated heterocycles. The zero-order chi connectivity index (χ0) is 19.6. The highest BCUT2D eigenvalue weighted by Gasteiger charge is 2.30. The van der Waals surface area contributed by atoms with Crippen LogP contribution < -0.4 is 5.32 Å². The number of aromatic nitrogens is 1. The predicted molar refractivity (Wildman–Crippen MR) is 104 cm³/mol. The van der Waals surface area contributed by atoms with E-state index in [2.05, 4.69) is 36.2 Å². The van der Waals surface area contributed by atoms with Crippen molar-refractivity contribution in [2.45, 2.75) is 57.4 Å². The van der Waals surface area contributed by atoms with Crippen LogP contribution in [0.4, 0.5) is 18.9 Å².